The van der Waals surface area contributed by atoms with E-state index in [1.807, 2.05) is 27.7 Å². The minimum Gasteiger partial charge on any atom is -0.478 e. The van der Waals surface area contributed by atoms with Gasteiger partial charge in [0.2, 0.25) is 5.91 Å². The minimum atomic E-state index is -1.68. The van der Waals surface area contributed by atoms with Crippen LogP contribution in [0, 0.1) is 39.9 Å². The van der Waals surface area contributed by atoms with Crippen molar-refractivity contribution in [1.29, 1.82) is 0 Å². The predicted octanol–water partition coefficient (Wildman–Crippen LogP) is 2.96. The average Bonchev–Trinajstić information content (AvgIpc) is 3.22. The van der Waals surface area contributed by atoms with Crippen molar-refractivity contribution < 1.29 is 38.7 Å². The molecule has 9 nitrogen and oxygen atoms in total. The number of fused-ring (bicyclic) bond motifs is 1. The molecule has 1 aromatic carbocycles. The quantitative estimate of drug-likeness (QED) is 0.359. The smallest absolute Gasteiger partial charge is 0.474 e. The number of nitrogens with zero attached hydrogens (tertiary/aromatic N) is 2. The molecule has 3 fully saturated rings. The number of hydrogen-bond acceptors (Lipinski definition) is 7. The molecule has 1 amide bonds. The maximum atomic E-state index is 15.4. The van der Waals surface area contributed by atoms with E-state index in [0.29, 0.717) is 23.9 Å². The summed E-state index contributed by atoms with van der Waals surface area (Å²) >= 11 is 0. The van der Waals surface area contributed by atoms with Crippen molar-refractivity contribution in [2.45, 2.75) is 78.7 Å². The standard InChI is InChI=1S/C31H40BFN2O7/c1-7-29(5)13-21(30(6)16(2)10-11-31(17(3)27(29)38)14-23(33)24(37)26(30)31)25(28(39)40)42-20-9-8-19-15-34-35(18(4)36)32(41)22(19)12-20/h7-9,12,15-17,21,23,25-27,38,41H,1,10-11,13-14H2,2-6H3,(H,39,40)/t16-,17+,21+,23+,25?,26+,27+,29-,30-,31+/m1/s1. The number of aliphatic carboxylic acids is 1. The summed E-state index contributed by atoms with van der Waals surface area (Å²) in [7, 11) is -1.38. The summed E-state index contributed by atoms with van der Waals surface area (Å²) in [6.07, 6.45) is 0.309. The van der Waals surface area contributed by atoms with E-state index in [0.717, 1.165) is 4.92 Å². The van der Waals surface area contributed by atoms with Gasteiger partial charge in [0.05, 0.1) is 12.3 Å². The first-order valence-corrected chi connectivity index (χ1v) is 14.7. The molecular weight excluding hydrogens is 542 g/mol. The Labute approximate surface area is 245 Å². The first-order chi connectivity index (χ1) is 19.6. The molecule has 0 saturated heterocycles. The molecule has 0 aromatic heterocycles. The topological polar surface area (TPSA) is 137 Å². The molecule has 3 N–H and O–H groups in total. The number of aliphatic hydroxyl groups excluding tert-OH is 1. The van der Waals surface area contributed by atoms with Crippen molar-refractivity contribution >= 4 is 36.4 Å². The number of alkyl halides is 1. The SMILES string of the molecule is C=C[C@]1(C)C[C@@H](C(Oc2ccc3c(c2)B(O)N(C(C)=O)N=C3)C(=O)O)[C@@]2(C)[C@H](C)CC[C@]3(C[C@H](F)C(=O)[C@H]32)[C@@H](C)[C@@H]1O. The van der Waals surface area contributed by atoms with Gasteiger partial charge in [-0.2, -0.15) is 5.10 Å². The van der Waals surface area contributed by atoms with E-state index in [-0.39, 0.29) is 24.5 Å². The molecule has 10 atom stereocenters. The number of ether oxygens (including phenoxy) is 1. The number of benzene rings is 1. The van der Waals surface area contributed by atoms with Crippen LogP contribution in [0.1, 0.15) is 65.9 Å². The summed E-state index contributed by atoms with van der Waals surface area (Å²) in [5.41, 5.74) is -1.87. The summed E-state index contributed by atoms with van der Waals surface area (Å²) in [5.74, 6) is -4.25. The van der Waals surface area contributed by atoms with Crippen LogP contribution in [0.5, 0.6) is 5.75 Å². The van der Waals surface area contributed by atoms with Gasteiger partial charge >= 0.3 is 13.0 Å². The highest BCUT2D eigenvalue weighted by molar-refractivity contribution is 6.67. The van der Waals surface area contributed by atoms with E-state index in [9.17, 15) is 29.6 Å². The second kappa shape index (κ2) is 10.3. The number of carboxylic acid groups (broad SMARTS) is 1. The van der Waals surface area contributed by atoms with Crippen LogP contribution in [0.25, 0.3) is 0 Å². The van der Waals surface area contributed by atoms with Gasteiger partial charge in [0.25, 0.3) is 0 Å². The highest BCUT2D eigenvalue weighted by atomic mass is 19.1. The number of ketones is 1. The fraction of sp³-hybridized carbons (Fsp3) is 0.613. The maximum absolute atomic E-state index is 15.4. The highest BCUT2D eigenvalue weighted by Gasteiger charge is 2.71. The lowest BCUT2D eigenvalue weighted by Crippen LogP contribution is -2.63. The third-order valence-corrected chi connectivity index (χ3v) is 11.5. The fourth-order valence-corrected chi connectivity index (χ4v) is 8.85. The van der Waals surface area contributed by atoms with Crippen molar-refractivity contribution in [3.8, 4) is 5.75 Å². The Hall–Kier alpha value is -3.05. The largest absolute Gasteiger partial charge is 0.478 e. The summed E-state index contributed by atoms with van der Waals surface area (Å²) in [4.78, 5) is 39.6. The van der Waals surface area contributed by atoms with Crippen LogP contribution in [-0.2, 0) is 14.4 Å². The normalized spacial score (nSPS) is 40.0. The van der Waals surface area contributed by atoms with Crippen LogP contribution in [-0.4, -0.2) is 69.5 Å². The molecule has 0 spiro atoms. The number of Topliss-reactive ketones (excluding diaryl/α,β-unsaturated/α-hetero) is 1. The van der Waals surface area contributed by atoms with E-state index < -0.39 is 77.1 Å². The number of rotatable bonds is 5. The van der Waals surface area contributed by atoms with Crippen molar-refractivity contribution in [3.05, 3.63) is 36.4 Å². The van der Waals surface area contributed by atoms with Crippen LogP contribution in [0.2, 0.25) is 0 Å². The number of amides is 1. The number of carboxylic acids is 1. The average molecular weight is 582 g/mol. The minimum absolute atomic E-state index is 0.00644. The van der Waals surface area contributed by atoms with Crippen LogP contribution < -0.4 is 10.2 Å². The van der Waals surface area contributed by atoms with Crippen LogP contribution >= 0.6 is 0 Å². The lowest BCUT2D eigenvalue weighted by atomic mass is 9.41. The van der Waals surface area contributed by atoms with Crippen molar-refractivity contribution in [2.75, 3.05) is 0 Å². The Morgan fingerprint density at radius 2 is 1.98 bits per heavy atom. The third-order valence-electron chi connectivity index (χ3n) is 11.5. The Balaban J connectivity index is 1.64. The third kappa shape index (κ3) is 4.26. The number of hydrazone groups is 1. The molecule has 5 rings (SSSR count). The monoisotopic (exact) mass is 582 g/mol. The molecule has 1 unspecified atom stereocenters. The zero-order valence-corrected chi connectivity index (χ0v) is 24.8. The van der Waals surface area contributed by atoms with Gasteiger partial charge in [-0.1, -0.05) is 39.8 Å². The predicted molar refractivity (Wildman–Crippen MR) is 155 cm³/mol. The molecule has 1 aliphatic heterocycles. The molecule has 3 aliphatic carbocycles. The van der Waals surface area contributed by atoms with Gasteiger partial charge in [0, 0.05) is 24.2 Å². The summed E-state index contributed by atoms with van der Waals surface area (Å²) < 4.78 is 21.7. The second-order valence-electron chi connectivity index (χ2n) is 13.4. The summed E-state index contributed by atoms with van der Waals surface area (Å²) in [6.45, 7) is 12.9. The van der Waals surface area contributed by atoms with Crippen molar-refractivity contribution in [1.82, 2.24) is 4.92 Å². The van der Waals surface area contributed by atoms with Gasteiger partial charge in [-0.25, -0.2) is 14.1 Å². The van der Waals surface area contributed by atoms with E-state index in [2.05, 4.69) is 11.7 Å². The number of carbonyl (C=O) groups is 3. The zero-order chi connectivity index (χ0) is 30.9. The molecule has 1 aromatic rings. The number of carbonyl (C=O) groups excluding carboxylic acids is 2. The van der Waals surface area contributed by atoms with Crippen molar-refractivity contribution in [3.63, 3.8) is 0 Å². The van der Waals surface area contributed by atoms with Gasteiger partial charge in [0.1, 0.15) is 5.75 Å². The van der Waals surface area contributed by atoms with Gasteiger partial charge in [-0.05, 0) is 71.5 Å². The van der Waals surface area contributed by atoms with Crippen molar-refractivity contribution in [2.24, 2.45) is 45.0 Å². The molecule has 42 heavy (non-hydrogen) atoms. The van der Waals surface area contributed by atoms with E-state index >= 15 is 4.39 Å². The van der Waals surface area contributed by atoms with Crippen LogP contribution in [0.3, 0.4) is 0 Å². The molecule has 2 bridgehead atoms. The first-order valence-electron chi connectivity index (χ1n) is 14.7. The fourth-order valence-electron chi connectivity index (χ4n) is 8.85. The van der Waals surface area contributed by atoms with E-state index in [1.54, 1.807) is 18.2 Å². The molecule has 226 valence electrons. The molecule has 3 saturated carbocycles. The highest BCUT2D eigenvalue weighted by Crippen LogP contribution is 2.69. The van der Waals surface area contributed by atoms with E-state index in [4.69, 9.17) is 4.74 Å². The Kier molecular flexibility index (Phi) is 7.46. The molecule has 0 radical (unpaired) electrons. The Bertz CT molecular complexity index is 1360. The number of halogens is 1. The summed E-state index contributed by atoms with van der Waals surface area (Å²) in [6, 6.07) is 4.67. The summed E-state index contributed by atoms with van der Waals surface area (Å²) in [5, 5.41) is 37.2. The number of aliphatic hydroxyl groups is 1. The molecule has 11 heteroatoms. The maximum Gasteiger partial charge on any atom is 0.474 e. The van der Waals surface area contributed by atoms with Gasteiger partial charge in [0.15, 0.2) is 18.1 Å². The van der Waals surface area contributed by atoms with Gasteiger partial charge in [-0.3, -0.25) is 9.59 Å². The Morgan fingerprint density at radius 1 is 1.29 bits per heavy atom. The zero-order valence-electron chi connectivity index (χ0n) is 24.8. The first kappa shape index (κ1) is 30.4. The van der Waals surface area contributed by atoms with Crippen LogP contribution in [0.4, 0.5) is 4.39 Å². The molecular formula is C31H40BFN2O7. The lowest BCUT2D eigenvalue weighted by molar-refractivity contribution is -0.193. The van der Waals surface area contributed by atoms with Gasteiger partial charge in [-0.15, -0.1) is 6.58 Å². The molecule has 4 aliphatic rings. The van der Waals surface area contributed by atoms with Crippen LogP contribution in [0.15, 0.2) is 36.0 Å². The van der Waals surface area contributed by atoms with Gasteiger partial charge < -0.3 is 20.0 Å². The number of hydrogen-bond donors (Lipinski definition) is 3. The lowest BCUT2D eigenvalue weighted by Gasteiger charge is -2.62. The second-order valence-corrected chi connectivity index (χ2v) is 13.4. The Morgan fingerprint density at radius 3 is 2.60 bits per heavy atom. The van der Waals surface area contributed by atoms with E-state index in [1.165, 1.54) is 19.2 Å². The molecule has 1 heterocycles.